The number of carboxylic acids is 1. The summed E-state index contributed by atoms with van der Waals surface area (Å²) in [5.41, 5.74) is 1.33. The fourth-order valence-electron chi connectivity index (χ4n) is 2.36. The SMILES string of the molecule is CCOc1ccc(CC(CNC(=O)c2cc(C(C)=O)cs2)C(=O)O)cc1. The zero-order valence-corrected chi connectivity index (χ0v) is 15.5. The highest BCUT2D eigenvalue weighted by atomic mass is 32.1. The minimum absolute atomic E-state index is 0.00861. The number of aliphatic carboxylic acids is 1. The van der Waals surface area contributed by atoms with Gasteiger partial charge in [-0.2, -0.15) is 0 Å². The van der Waals surface area contributed by atoms with Gasteiger partial charge in [-0.25, -0.2) is 0 Å². The standard InChI is InChI=1S/C19H21NO5S/c1-3-25-16-6-4-13(5-7-16)8-14(19(23)24)10-20-18(22)17-9-15(11-26-17)12(2)21/h4-7,9,11,14H,3,8,10H2,1-2H3,(H,20,22)(H,23,24). The molecule has 1 atom stereocenters. The molecule has 0 aliphatic carbocycles. The molecule has 0 spiro atoms. The molecule has 0 aliphatic heterocycles. The third kappa shape index (κ3) is 5.42. The van der Waals surface area contributed by atoms with Crippen molar-refractivity contribution in [2.75, 3.05) is 13.2 Å². The molecule has 2 N–H and O–H groups in total. The summed E-state index contributed by atoms with van der Waals surface area (Å²) in [7, 11) is 0. The quantitative estimate of drug-likeness (QED) is 0.657. The van der Waals surface area contributed by atoms with E-state index in [1.54, 1.807) is 17.5 Å². The molecule has 1 aromatic carbocycles. The van der Waals surface area contributed by atoms with Crippen molar-refractivity contribution >= 4 is 29.0 Å². The van der Waals surface area contributed by atoms with Crippen molar-refractivity contribution in [3.8, 4) is 5.75 Å². The number of rotatable bonds is 9. The minimum Gasteiger partial charge on any atom is -0.494 e. The van der Waals surface area contributed by atoms with E-state index in [0.29, 0.717) is 23.5 Å². The molecule has 1 heterocycles. The first-order valence-corrected chi connectivity index (χ1v) is 9.11. The van der Waals surface area contributed by atoms with Gasteiger partial charge in [-0.1, -0.05) is 12.1 Å². The summed E-state index contributed by atoms with van der Waals surface area (Å²) in [6.07, 6.45) is 0.297. The zero-order valence-electron chi connectivity index (χ0n) is 14.7. The van der Waals surface area contributed by atoms with Crippen molar-refractivity contribution in [3.63, 3.8) is 0 Å². The van der Waals surface area contributed by atoms with Crippen LogP contribution in [0.3, 0.4) is 0 Å². The maximum Gasteiger partial charge on any atom is 0.308 e. The summed E-state index contributed by atoms with van der Waals surface area (Å²) in [4.78, 5) is 35.3. The molecular weight excluding hydrogens is 354 g/mol. The van der Waals surface area contributed by atoms with Crippen molar-refractivity contribution in [2.24, 2.45) is 5.92 Å². The van der Waals surface area contributed by atoms with Crippen LogP contribution < -0.4 is 10.1 Å². The van der Waals surface area contributed by atoms with Crippen LogP contribution in [0.15, 0.2) is 35.7 Å². The van der Waals surface area contributed by atoms with Crippen LogP contribution in [0.25, 0.3) is 0 Å². The number of carboxylic acid groups (broad SMARTS) is 1. The molecule has 0 saturated heterocycles. The smallest absolute Gasteiger partial charge is 0.308 e. The number of hydrogen-bond acceptors (Lipinski definition) is 5. The lowest BCUT2D eigenvalue weighted by atomic mass is 9.99. The lowest BCUT2D eigenvalue weighted by Gasteiger charge is -2.13. The van der Waals surface area contributed by atoms with Gasteiger partial charge in [0.05, 0.1) is 17.4 Å². The van der Waals surface area contributed by atoms with Crippen LogP contribution in [0.5, 0.6) is 5.75 Å². The third-order valence-electron chi connectivity index (χ3n) is 3.80. The fraction of sp³-hybridized carbons (Fsp3) is 0.316. The summed E-state index contributed by atoms with van der Waals surface area (Å²) >= 11 is 1.16. The van der Waals surface area contributed by atoms with E-state index in [1.165, 1.54) is 13.0 Å². The van der Waals surface area contributed by atoms with Crippen molar-refractivity contribution < 1.29 is 24.2 Å². The number of amides is 1. The topological polar surface area (TPSA) is 92.7 Å². The summed E-state index contributed by atoms with van der Waals surface area (Å²) in [6.45, 7) is 3.90. The van der Waals surface area contributed by atoms with Crippen LogP contribution in [0.2, 0.25) is 0 Å². The van der Waals surface area contributed by atoms with Gasteiger partial charge in [-0.05, 0) is 44.0 Å². The normalized spacial score (nSPS) is 11.6. The Morgan fingerprint density at radius 2 is 1.92 bits per heavy atom. The fourth-order valence-corrected chi connectivity index (χ4v) is 3.22. The lowest BCUT2D eigenvalue weighted by molar-refractivity contribution is -0.141. The average molecular weight is 375 g/mol. The van der Waals surface area contributed by atoms with Crippen LogP contribution >= 0.6 is 11.3 Å². The van der Waals surface area contributed by atoms with Gasteiger partial charge < -0.3 is 15.2 Å². The van der Waals surface area contributed by atoms with Crippen molar-refractivity contribution in [2.45, 2.75) is 20.3 Å². The first kappa shape index (κ1) is 19.7. The molecule has 1 unspecified atom stereocenters. The second-order valence-electron chi connectivity index (χ2n) is 5.78. The van der Waals surface area contributed by atoms with Crippen LogP contribution in [-0.2, 0) is 11.2 Å². The van der Waals surface area contributed by atoms with Crippen LogP contribution in [0, 0.1) is 5.92 Å². The molecule has 7 heteroatoms. The van der Waals surface area contributed by atoms with Gasteiger partial charge in [0.1, 0.15) is 5.75 Å². The highest BCUT2D eigenvalue weighted by Gasteiger charge is 2.20. The first-order chi connectivity index (χ1) is 12.4. The number of nitrogens with one attached hydrogen (secondary N) is 1. The lowest BCUT2D eigenvalue weighted by Crippen LogP contribution is -2.33. The van der Waals surface area contributed by atoms with Crippen LogP contribution in [0.1, 0.15) is 39.4 Å². The molecule has 1 amide bonds. The Balaban J connectivity index is 1.95. The van der Waals surface area contributed by atoms with Crippen molar-refractivity contribution in [1.82, 2.24) is 5.32 Å². The predicted molar refractivity (Wildman–Crippen MR) is 99.1 cm³/mol. The number of carbonyl (C=O) groups excluding carboxylic acids is 2. The average Bonchev–Trinajstić information content (AvgIpc) is 3.10. The Kier molecular flexibility index (Phi) is 6.91. The van der Waals surface area contributed by atoms with E-state index in [-0.39, 0.29) is 18.2 Å². The van der Waals surface area contributed by atoms with E-state index in [2.05, 4.69) is 5.32 Å². The van der Waals surface area contributed by atoms with E-state index in [4.69, 9.17) is 4.74 Å². The predicted octanol–water partition coefficient (Wildman–Crippen LogP) is 3.02. The van der Waals surface area contributed by atoms with Crippen LogP contribution in [-0.4, -0.2) is 35.9 Å². The summed E-state index contributed by atoms with van der Waals surface area (Å²) in [5.74, 6) is -1.48. The number of ether oxygens (including phenoxy) is 1. The Morgan fingerprint density at radius 1 is 1.23 bits per heavy atom. The van der Waals surface area contributed by atoms with Gasteiger partial charge >= 0.3 is 5.97 Å². The van der Waals surface area contributed by atoms with E-state index >= 15 is 0 Å². The monoisotopic (exact) mass is 375 g/mol. The molecule has 0 bridgehead atoms. The molecule has 6 nitrogen and oxygen atoms in total. The highest BCUT2D eigenvalue weighted by Crippen LogP contribution is 2.17. The van der Waals surface area contributed by atoms with Gasteiger partial charge in [0.25, 0.3) is 5.91 Å². The highest BCUT2D eigenvalue weighted by molar-refractivity contribution is 7.12. The Morgan fingerprint density at radius 3 is 2.46 bits per heavy atom. The van der Waals surface area contributed by atoms with E-state index in [1.807, 2.05) is 19.1 Å². The van der Waals surface area contributed by atoms with Gasteiger partial charge in [0.15, 0.2) is 5.78 Å². The first-order valence-electron chi connectivity index (χ1n) is 8.23. The molecule has 0 fully saturated rings. The second kappa shape index (κ2) is 9.15. The second-order valence-corrected chi connectivity index (χ2v) is 6.69. The maximum absolute atomic E-state index is 12.2. The van der Waals surface area contributed by atoms with Crippen molar-refractivity contribution in [1.29, 1.82) is 0 Å². The molecule has 0 radical (unpaired) electrons. The molecule has 2 aromatic rings. The number of hydrogen-bond donors (Lipinski definition) is 2. The van der Waals surface area contributed by atoms with Crippen molar-refractivity contribution in [3.05, 3.63) is 51.7 Å². The summed E-state index contributed by atoms with van der Waals surface area (Å²) < 4.78 is 5.36. The molecule has 26 heavy (non-hydrogen) atoms. The Hall–Kier alpha value is -2.67. The van der Waals surface area contributed by atoms with Gasteiger partial charge in [0.2, 0.25) is 0 Å². The summed E-state index contributed by atoms with van der Waals surface area (Å²) in [6, 6.07) is 8.75. The summed E-state index contributed by atoms with van der Waals surface area (Å²) in [5, 5.41) is 13.7. The number of carbonyl (C=O) groups is 3. The van der Waals surface area contributed by atoms with Crippen LogP contribution in [0.4, 0.5) is 0 Å². The van der Waals surface area contributed by atoms with E-state index in [9.17, 15) is 19.5 Å². The molecular formula is C19H21NO5S. The zero-order chi connectivity index (χ0) is 19.1. The van der Waals surface area contributed by atoms with Gasteiger partial charge in [0, 0.05) is 17.5 Å². The van der Waals surface area contributed by atoms with E-state index in [0.717, 1.165) is 22.6 Å². The number of thiophene rings is 1. The molecule has 138 valence electrons. The third-order valence-corrected chi connectivity index (χ3v) is 4.73. The molecule has 0 aliphatic rings. The number of benzene rings is 1. The molecule has 1 aromatic heterocycles. The largest absolute Gasteiger partial charge is 0.494 e. The van der Waals surface area contributed by atoms with Gasteiger partial charge in [-0.15, -0.1) is 11.3 Å². The molecule has 0 saturated carbocycles. The number of ketones is 1. The Bertz CT molecular complexity index is 781. The maximum atomic E-state index is 12.2. The number of Topliss-reactive ketones (excluding diaryl/α,β-unsaturated/α-hetero) is 1. The van der Waals surface area contributed by atoms with Gasteiger partial charge in [-0.3, -0.25) is 14.4 Å². The molecule has 2 rings (SSSR count). The Labute approximate surface area is 155 Å². The minimum atomic E-state index is -0.977. The van der Waals surface area contributed by atoms with E-state index < -0.39 is 11.9 Å².